The Hall–Kier alpha value is -1.86. The molecule has 2 aromatic rings. The molecule has 3 rings (SSSR count). The van der Waals surface area contributed by atoms with Crippen LogP contribution in [0, 0.1) is 0 Å². The van der Waals surface area contributed by atoms with E-state index in [9.17, 15) is 0 Å². The van der Waals surface area contributed by atoms with Gasteiger partial charge in [-0.15, -0.1) is 0 Å². The van der Waals surface area contributed by atoms with E-state index in [0.29, 0.717) is 0 Å². The van der Waals surface area contributed by atoms with Crippen molar-refractivity contribution in [1.29, 1.82) is 0 Å². The third-order valence-electron chi connectivity index (χ3n) is 3.14. The Kier molecular flexibility index (Phi) is 2.77. The van der Waals surface area contributed by atoms with Crippen LogP contribution in [-0.2, 0) is 10.0 Å². The van der Waals surface area contributed by atoms with E-state index in [1.54, 1.807) is 6.29 Å². The van der Waals surface area contributed by atoms with Crippen molar-refractivity contribution in [2.24, 2.45) is 0 Å². The third kappa shape index (κ3) is 1.77. The van der Waals surface area contributed by atoms with E-state index >= 15 is 0 Å². The summed E-state index contributed by atoms with van der Waals surface area (Å²) < 4.78 is 5.87. The molecule has 0 saturated carbocycles. The quantitative estimate of drug-likeness (QED) is 0.570. The second-order valence-corrected chi connectivity index (χ2v) is 4.66. The van der Waals surface area contributed by atoms with Crippen LogP contribution >= 0.6 is 11.6 Å². The molecule has 1 nitrogen and oxygen atoms in total. The maximum absolute atomic E-state index is 5.94. The lowest BCUT2D eigenvalue weighted by Gasteiger charge is -2.15. The van der Waals surface area contributed by atoms with Gasteiger partial charge < -0.3 is 0 Å². The summed E-state index contributed by atoms with van der Waals surface area (Å²) in [5.74, 6) is 0. The van der Waals surface area contributed by atoms with Crippen LogP contribution in [0.5, 0.6) is 0 Å². The average molecular weight is 256 g/mol. The first kappa shape index (κ1) is 11.2. The van der Waals surface area contributed by atoms with Crippen molar-refractivity contribution in [2.45, 2.75) is 5.60 Å². The van der Waals surface area contributed by atoms with Gasteiger partial charge in [-0.1, -0.05) is 29.8 Å². The summed E-state index contributed by atoms with van der Waals surface area (Å²) in [6.07, 6.45) is 5.72. The molecule has 1 atom stereocenters. The van der Waals surface area contributed by atoms with Gasteiger partial charge in [0.1, 0.15) is 0 Å². The molecular formula is C16H12ClO+. The van der Waals surface area contributed by atoms with Gasteiger partial charge in [0.15, 0.2) is 0 Å². The summed E-state index contributed by atoms with van der Waals surface area (Å²) in [6.45, 7) is 0. The molecule has 0 spiro atoms. The van der Waals surface area contributed by atoms with Gasteiger partial charge in [0.25, 0.3) is 0 Å². The second kappa shape index (κ2) is 4.43. The first-order valence-electron chi connectivity index (χ1n) is 5.82. The molecule has 0 radical (unpaired) electrons. The molecule has 1 heterocycles. The van der Waals surface area contributed by atoms with Crippen molar-refractivity contribution in [3.05, 3.63) is 82.9 Å². The number of carbonyl (C=O) groups excluding carboxylic acids is 1. The zero-order chi connectivity index (χ0) is 12.4. The summed E-state index contributed by atoms with van der Waals surface area (Å²) in [5, 5.41) is 0.730. The smallest absolute Gasteiger partial charge is 0.243 e. The number of halogens is 1. The largest absolute Gasteiger partial charge is 0.350 e. The number of allylic oxidation sites excluding steroid dienone is 1. The molecule has 18 heavy (non-hydrogen) atoms. The summed E-state index contributed by atoms with van der Waals surface area (Å²) in [6, 6.07) is 17.9. The van der Waals surface area contributed by atoms with Crippen molar-refractivity contribution in [3.8, 4) is 0 Å². The van der Waals surface area contributed by atoms with E-state index in [1.807, 2.05) is 48.5 Å². The predicted molar refractivity (Wildman–Crippen MR) is 73.9 cm³/mol. The topological polar surface area (TPSA) is 11.3 Å². The van der Waals surface area contributed by atoms with Crippen LogP contribution in [0.15, 0.2) is 66.7 Å². The Morgan fingerprint density at radius 3 is 2.11 bits per heavy atom. The lowest BCUT2D eigenvalue weighted by atomic mass is 9.86. The molecule has 1 aliphatic rings. The number of benzene rings is 2. The van der Waals surface area contributed by atoms with Crippen molar-refractivity contribution < 1.29 is 4.42 Å². The SMILES string of the molecule is Clc1ccc(C2(c3ccccc3)C=CC=[O+]2)cc1. The fourth-order valence-electron chi connectivity index (χ4n) is 2.24. The lowest BCUT2D eigenvalue weighted by Crippen LogP contribution is -2.23. The van der Waals surface area contributed by atoms with Gasteiger partial charge in [0.2, 0.25) is 0 Å². The zero-order valence-electron chi connectivity index (χ0n) is 9.71. The molecule has 0 N–H and O–H groups in total. The summed E-state index contributed by atoms with van der Waals surface area (Å²) >= 11 is 5.94. The minimum atomic E-state index is -0.522. The van der Waals surface area contributed by atoms with Crippen LogP contribution in [0.3, 0.4) is 0 Å². The van der Waals surface area contributed by atoms with Gasteiger partial charge in [-0.25, -0.2) is 4.42 Å². The minimum absolute atomic E-state index is 0.522. The maximum atomic E-state index is 5.94. The highest BCUT2D eigenvalue weighted by Crippen LogP contribution is 2.35. The summed E-state index contributed by atoms with van der Waals surface area (Å²) in [5.41, 5.74) is 1.66. The van der Waals surface area contributed by atoms with Crippen molar-refractivity contribution in [2.75, 3.05) is 0 Å². The van der Waals surface area contributed by atoms with E-state index in [4.69, 9.17) is 16.0 Å². The molecule has 2 aromatic carbocycles. The Morgan fingerprint density at radius 2 is 1.50 bits per heavy atom. The molecule has 0 bridgehead atoms. The number of aldehydes is 1. The van der Waals surface area contributed by atoms with Gasteiger partial charge in [0.05, 0.1) is 11.1 Å². The molecule has 1 aliphatic heterocycles. The average Bonchev–Trinajstić information content (AvgIpc) is 2.91. The lowest BCUT2D eigenvalue weighted by molar-refractivity contribution is -0.524. The second-order valence-electron chi connectivity index (χ2n) is 4.22. The summed E-state index contributed by atoms with van der Waals surface area (Å²) in [7, 11) is 0. The van der Waals surface area contributed by atoms with Gasteiger partial charge in [-0.05, 0) is 36.4 Å². The Balaban J connectivity index is 2.17. The van der Waals surface area contributed by atoms with E-state index in [-0.39, 0.29) is 0 Å². The molecule has 0 saturated heterocycles. The highest BCUT2D eigenvalue weighted by Gasteiger charge is 2.44. The number of rotatable bonds is 2. The van der Waals surface area contributed by atoms with Gasteiger partial charge in [-0.2, -0.15) is 0 Å². The molecule has 0 aliphatic carbocycles. The van der Waals surface area contributed by atoms with Gasteiger partial charge in [0, 0.05) is 17.2 Å². The standard InChI is InChI=1S/C16H12ClO/c17-15-9-7-14(8-10-15)16(11-4-12-18-16)13-5-2-1-3-6-13/h1-12H/q+1. The van der Waals surface area contributed by atoms with Crippen molar-refractivity contribution in [1.82, 2.24) is 0 Å². The van der Waals surface area contributed by atoms with E-state index in [2.05, 4.69) is 18.2 Å². The monoisotopic (exact) mass is 255 g/mol. The Labute approximate surface area is 111 Å². The van der Waals surface area contributed by atoms with Crippen LogP contribution in [0.4, 0.5) is 0 Å². The number of hydrogen-bond acceptors (Lipinski definition) is 0. The van der Waals surface area contributed by atoms with Crippen LogP contribution in [0.25, 0.3) is 0 Å². The molecule has 2 heteroatoms. The molecule has 0 aromatic heterocycles. The van der Waals surface area contributed by atoms with Crippen molar-refractivity contribution >= 4 is 17.9 Å². The fraction of sp³-hybridized carbons (Fsp3) is 0.0625. The fourth-order valence-corrected chi connectivity index (χ4v) is 2.37. The third-order valence-corrected chi connectivity index (χ3v) is 3.39. The normalized spacial score (nSPS) is 21.4. The Morgan fingerprint density at radius 1 is 0.833 bits per heavy atom. The first-order chi connectivity index (χ1) is 8.81. The van der Waals surface area contributed by atoms with Crippen LogP contribution < -0.4 is 0 Å². The molecular weight excluding hydrogens is 244 g/mol. The number of hydrogen-bond donors (Lipinski definition) is 0. The molecule has 88 valence electrons. The maximum Gasteiger partial charge on any atom is 0.350 e. The van der Waals surface area contributed by atoms with Gasteiger partial charge >= 0.3 is 11.9 Å². The zero-order valence-corrected chi connectivity index (χ0v) is 10.5. The van der Waals surface area contributed by atoms with Crippen LogP contribution in [-0.4, -0.2) is 6.29 Å². The summed E-state index contributed by atoms with van der Waals surface area (Å²) in [4.78, 5) is 0. The molecule has 1 unspecified atom stereocenters. The van der Waals surface area contributed by atoms with Crippen molar-refractivity contribution in [3.63, 3.8) is 0 Å². The first-order valence-corrected chi connectivity index (χ1v) is 6.19. The van der Waals surface area contributed by atoms with E-state index in [1.165, 1.54) is 0 Å². The van der Waals surface area contributed by atoms with Crippen LogP contribution in [0.1, 0.15) is 11.1 Å². The highest BCUT2D eigenvalue weighted by atomic mass is 35.5. The van der Waals surface area contributed by atoms with Crippen LogP contribution in [0.2, 0.25) is 5.02 Å². The Bertz CT molecular complexity index is 585. The molecule has 0 amide bonds. The predicted octanol–water partition coefficient (Wildman–Crippen LogP) is 3.89. The van der Waals surface area contributed by atoms with E-state index < -0.39 is 5.60 Å². The van der Waals surface area contributed by atoms with E-state index in [0.717, 1.165) is 16.1 Å². The highest BCUT2D eigenvalue weighted by molar-refractivity contribution is 6.30. The van der Waals surface area contributed by atoms with Gasteiger partial charge in [-0.3, -0.25) is 0 Å². The minimum Gasteiger partial charge on any atom is -0.243 e. The molecule has 0 fully saturated rings.